The van der Waals surface area contributed by atoms with Gasteiger partial charge in [-0.3, -0.25) is 4.79 Å². The van der Waals surface area contributed by atoms with E-state index in [1.165, 1.54) is 0 Å². The molecule has 0 unspecified atom stereocenters. The van der Waals surface area contributed by atoms with E-state index in [0.29, 0.717) is 5.69 Å². The van der Waals surface area contributed by atoms with Gasteiger partial charge >= 0.3 is 0 Å². The van der Waals surface area contributed by atoms with Crippen molar-refractivity contribution in [2.75, 3.05) is 5.32 Å². The Bertz CT molecular complexity index is 686. The van der Waals surface area contributed by atoms with Crippen molar-refractivity contribution in [3.05, 3.63) is 63.7 Å². The van der Waals surface area contributed by atoms with Crippen LogP contribution in [0.3, 0.4) is 0 Å². The molecule has 2 rings (SSSR count). The number of benzene rings is 2. The normalized spacial score (nSPS) is 10.4. The average molecular weight is 296 g/mol. The average Bonchev–Trinajstić information content (AvgIpc) is 2.38. The number of carbonyl (C=O) groups is 1. The lowest BCUT2D eigenvalue weighted by atomic mass is 10.1. The van der Waals surface area contributed by atoms with Crippen LogP contribution in [0.15, 0.2) is 30.3 Å². The van der Waals surface area contributed by atoms with Gasteiger partial charge in [0.2, 0.25) is 0 Å². The third kappa shape index (κ3) is 2.96. The maximum Gasteiger partial charge on any atom is 0.257 e. The first-order valence-electron chi connectivity index (χ1n) is 5.91. The van der Waals surface area contributed by atoms with Crippen LogP contribution in [0.4, 0.5) is 14.5 Å². The number of amides is 1. The van der Waals surface area contributed by atoms with Crippen molar-refractivity contribution in [3.63, 3.8) is 0 Å². The van der Waals surface area contributed by atoms with Crippen LogP contribution in [-0.4, -0.2) is 5.91 Å². The SMILES string of the molecule is Cc1ccc(NC(=O)c2cc(F)c(F)cc2Cl)cc1C. The Morgan fingerprint density at radius 3 is 2.35 bits per heavy atom. The second kappa shape index (κ2) is 5.59. The molecule has 2 aromatic rings. The summed E-state index contributed by atoms with van der Waals surface area (Å²) in [4.78, 5) is 12.0. The molecule has 0 aliphatic heterocycles. The van der Waals surface area contributed by atoms with Crippen molar-refractivity contribution < 1.29 is 13.6 Å². The monoisotopic (exact) mass is 295 g/mol. The Morgan fingerprint density at radius 2 is 1.70 bits per heavy atom. The minimum atomic E-state index is -1.11. The van der Waals surface area contributed by atoms with Crippen molar-refractivity contribution >= 4 is 23.2 Å². The van der Waals surface area contributed by atoms with Gasteiger partial charge in [0, 0.05) is 5.69 Å². The zero-order valence-corrected chi connectivity index (χ0v) is 11.7. The minimum Gasteiger partial charge on any atom is -0.322 e. The van der Waals surface area contributed by atoms with Gasteiger partial charge in [0.05, 0.1) is 10.6 Å². The van der Waals surface area contributed by atoms with Crippen LogP contribution in [0, 0.1) is 25.5 Å². The summed E-state index contributed by atoms with van der Waals surface area (Å²) in [5.41, 5.74) is 2.57. The summed E-state index contributed by atoms with van der Waals surface area (Å²) in [6, 6.07) is 6.95. The number of aryl methyl sites for hydroxylation is 2. The molecule has 20 heavy (non-hydrogen) atoms. The van der Waals surface area contributed by atoms with Crippen molar-refractivity contribution in [3.8, 4) is 0 Å². The van der Waals surface area contributed by atoms with E-state index in [9.17, 15) is 13.6 Å². The summed E-state index contributed by atoms with van der Waals surface area (Å²) in [6.07, 6.45) is 0. The molecule has 0 radical (unpaired) electrons. The predicted octanol–water partition coefficient (Wildman–Crippen LogP) is 4.49. The highest BCUT2D eigenvalue weighted by molar-refractivity contribution is 6.34. The standard InChI is InChI=1S/C15H12ClF2NO/c1-8-3-4-10(5-9(8)2)19-15(20)11-6-13(17)14(18)7-12(11)16/h3-7H,1-2H3,(H,19,20). The van der Waals surface area contributed by atoms with Crippen LogP contribution >= 0.6 is 11.6 Å². The molecule has 5 heteroatoms. The third-order valence-electron chi connectivity index (χ3n) is 3.02. The van der Waals surface area contributed by atoms with E-state index >= 15 is 0 Å². The number of nitrogens with one attached hydrogen (secondary N) is 1. The molecule has 104 valence electrons. The molecule has 0 heterocycles. The molecule has 2 nitrogen and oxygen atoms in total. The molecule has 0 aliphatic rings. The first kappa shape index (κ1) is 14.5. The van der Waals surface area contributed by atoms with E-state index in [1.807, 2.05) is 19.9 Å². The number of anilines is 1. The third-order valence-corrected chi connectivity index (χ3v) is 3.33. The van der Waals surface area contributed by atoms with E-state index in [0.717, 1.165) is 23.3 Å². The fourth-order valence-electron chi connectivity index (χ4n) is 1.71. The Morgan fingerprint density at radius 1 is 1.05 bits per heavy atom. The Balaban J connectivity index is 2.28. The maximum atomic E-state index is 13.2. The van der Waals surface area contributed by atoms with Crippen LogP contribution in [0.2, 0.25) is 5.02 Å². The van der Waals surface area contributed by atoms with E-state index in [4.69, 9.17) is 11.6 Å². The molecule has 1 N–H and O–H groups in total. The lowest BCUT2D eigenvalue weighted by Gasteiger charge is -2.09. The highest BCUT2D eigenvalue weighted by Gasteiger charge is 2.15. The summed E-state index contributed by atoms with van der Waals surface area (Å²) in [7, 11) is 0. The van der Waals surface area contributed by atoms with Crippen molar-refractivity contribution in [2.45, 2.75) is 13.8 Å². The fourth-order valence-corrected chi connectivity index (χ4v) is 1.95. The Hall–Kier alpha value is -1.94. The number of hydrogen-bond acceptors (Lipinski definition) is 1. The molecule has 1 amide bonds. The summed E-state index contributed by atoms with van der Waals surface area (Å²) in [5, 5.41) is 2.47. The molecule has 0 aliphatic carbocycles. The zero-order chi connectivity index (χ0) is 14.9. The minimum absolute atomic E-state index is 0.108. The van der Waals surface area contributed by atoms with Crippen LogP contribution < -0.4 is 5.32 Å². The quantitative estimate of drug-likeness (QED) is 0.813. The van der Waals surface area contributed by atoms with Gasteiger partial charge in [0.1, 0.15) is 0 Å². The maximum absolute atomic E-state index is 13.2. The van der Waals surface area contributed by atoms with Crippen molar-refractivity contribution in [1.82, 2.24) is 0 Å². The van der Waals surface area contributed by atoms with Crippen LogP contribution in [0.1, 0.15) is 21.5 Å². The summed E-state index contributed by atoms with van der Waals surface area (Å²) in [5.74, 6) is -2.78. The highest BCUT2D eigenvalue weighted by Crippen LogP contribution is 2.22. The van der Waals surface area contributed by atoms with Crippen LogP contribution in [-0.2, 0) is 0 Å². The van der Waals surface area contributed by atoms with Crippen molar-refractivity contribution in [1.29, 1.82) is 0 Å². The predicted molar refractivity (Wildman–Crippen MR) is 75.2 cm³/mol. The van der Waals surface area contributed by atoms with Crippen LogP contribution in [0.5, 0.6) is 0 Å². The second-order valence-electron chi connectivity index (χ2n) is 4.50. The molecule has 0 fully saturated rings. The van der Waals surface area contributed by atoms with Gasteiger partial charge in [-0.1, -0.05) is 17.7 Å². The van der Waals surface area contributed by atoms with E-state index in [-0.39, 0.29) is 10.6 Å². The van der Waals surface area contributed by atoms with Gasteiger partial charge in [0.15, 0.2) is 11.6 Å². The highest BCUT2D eigenvalue weighted by atomic mass is 35.5. The Kier molecular flexibility index (Phi) is 4.04. The summed E-state index contributed by atoms with van der Waals surface area (Å²) in [6.45, 7) is 3.86. The molecule has 0 saturated heterocycles. The fraction of sp³-hybridized carbons (Fsp3) is 0.133. The lowest BCUT2D eigenvalue weighted by molar-refractivity contribution is 0.102. The second-order valence-corrected chi connectivity index (χ2v) is 4.91. The molecular weight excluding hydrogens is 284 g/mol. The van der Waals surface area contributed by atoms with Gasteiger partial charge in [0.25, 0.3) is 5.91 Å². The molecule has 0 spiro atoms. The first-order chi connectivity index (χ1) is 9.38. The molecule has 0 bridgehead atoms. The molecular formula is C15H12ClF2NO. The van der Waals surface area contributed by atoms with Gasteiger partial charge in [-0.05, 0) is 49.2 Å². The number of halogens is 3. The zero-order valence-electron chi connectivity index (χ0n) is 10.9. The van der Waals surface area contributed by atoms with Gasteiger partial charge in [-0.2, -0.15) is 0 Å². The van der Waals surface area contributed by atoms with Crippen LogP contribution in [0.25, 0.3) is 0 Å². The molecule has 2 aromatic carbocycles. The topological polar surface area (TPSA) is 29.1 Å². The summed E-state index contributed by atoms with van der Waals surface area (Å²) < 4.78 is 26.1. The van der Waals surface area contributed by atoms with E-state index < -0.39 is 17.5 Å². The number of carbonyl (C=O) groups excluding carboxylic acids is 1. The van der Waals surface area contributed by atoms with Gasteiger partial charge in [-0.15, -0.1) is 0 Å². The summed E-state index contributed by atoms with van der Waals surface area (Å²) >= 11 is 5.75. The van der Waals surface area contributed by atoms with Gasteiger partial charge in [-0.25, -0.2) is 8.78 Å². The van der Waals surface area contributed by atoms with Crippen molar-refractivity contribution in [2.24, 2.45) is 0 Å². The largest absolute Gasteiger partial charge is 0.322 e. The number of hydrogen-bond donors (Lipinski definition) is 1. The van der Waals surface area contributed by atoms with Gasteiger partial charge < -0.3 is 5.32 Å². The molecule has 0 aromatic heterocycles. The molecule has 0 saturated carbocycles. The number of rotatable bonds is 2. The first-order valence-corrected chi connectivity index (χ1v) is 6.29. The molecule has 0 atom stereocenters. The van der Waals surface area contributed by atoms with E-state index in [2.05, 4.69) is 5.32 Å². The van der Waals surface area contributed by atoms with E-state index in [1.54, 1.807) is 12.1 Å². The lowest BCUT2D eigenvalue weighted by Crippen LogP contribution is -2.13. The smallest absolute Gasteiger partial charge is 0.257 e. The Labute approximate surface area is 120 Å².